The van der Waals surface area contributed by atoms with Crippen LogP contribution in [0, 0.1) is 56.8 Å². The van der Waals surface area contributed by atoms with Crippen LogP contribution in [0.4, 0.5) is 15.8 Å². The first-order valence-electron chi connectivity index (χ1n) is 5.10. The van der Waals surface area contributed by atoms with Crippen molar-refractivity contribution in [2.75, 3.05) is 5.32 Å². The number of nitriles is 3. The summed E-state index contributed by atoms with van der Waals surface area (Å²) in [4.78, 5) is 9.99. The first kappa shape index (κ1) is 14.6. The smallest absolute Gasteiger partial charge is 0.277 e. The van der Waals surface area contributed by atoms with Gasteiger partial charge in [-0.1, -0.05) is 0 Å². The van der Waals surface area contributed by atoms with Crippen molar-refractivity contribution in [2.24, 2.45) is 0 Å². The highest BCUT2D eigenvalue weighted by molar-refractivity contribution is 5.66. The first-order chi connectivity index (χ1) is 9.44. The molecule has 98 valence electrons. The van der Waals surface area contributed by atoms with Crippen molar-refractivity contribution in [3.05, 3.63) is 44.9 Å². The minimum atomic E-state index is -0.877. The highest BCUT2D eigenvalue weighted by Gasteiger charge is 2.18. The molecule has 1 N–H and O–H groups in total. The quantitative estimate of drug-likeness (QED) is 0.510. The van der Waals surface area contributed by atoms with Crippen LogP contribution >= 0.6 is 0 Å². The molecular weight excluding hydrogens is 265 g/mol. The van der Waals surface area contributed by atoms with Gasteiger partial charge in [-0.15, -0.1) is 0 Å². The number of anilines is 1. The average Bonchev–Trinajstić information content (AvgIpc) is 2.41. The molecule has 0 unspecified atom stereocenters. The highest BCUT2D eigenvalue weighted by atomic mass is 19.1. The van der Waals surface area contributed by atoms with Crippen LogP contribution in [0.2, 0.25) is 0 Å². The molecular formula is C12H6FN5O2. The SMILES string of the molecule is Cc1c(NC(C#N)=C(C#N)C#N)cc(F)cc1[N+](=O)[O-]. The number of nitrogens with one attached hydrogen (secondary N) is 1. The van der Waals surface area contributed by atoms with Gasteiger partial charge in [0, 0.05) is 0 Å². The fourth-order valence-electron chi connectivity index (χ4n) is 1.40. The van der Waals surface area contributed by atoms with Crippen LogP contribution in [-0.4, -0.2) is 4.92 Å². The van der Waals surface area contributed by atoms with Crippen molar-refractivity contribution >= 4 is 11.4 Å². The van der Waals surface area contributed by atoms with E-state index in [-0.39, 0.29) is 11.3 Å². The third kappa shape index (κ3) is 2.87. The van der Waals surface area contributed by atoms with Crippen molar-refractivity contribution in [2.45, 2.75) is 6.92 Å². The Morgan fingerprint density at radius 3 is 2.35 bits per heavy atom. The van der Waals surface area contributed by atoms with Crippen LogP contribution in [0.15, 0.2) is 23.4 Å². The summed E-state index contributed by atoms with van der Waals surface area (Å²) in [5, 5.41) is 39.3. The number of halogens is 1. The Labute approximate surface area is 112 Å². The molecule has 1 aromatic carbocycles. The molecule has 20 heavy (non-hydrogen) atoms. The third-order valence-electron chi connectivity index (χ3n) is 2.39. The van der Waals surface area contributed by atoms with Gasteiger partial charge in [0.15, 0.2) is 5.57 Å². The van der Waals surface area contributed by atoms with Crippen LogP contribution in [0.3, 0.4) is 0 Å². The molecule has 0 aliphatic carbocycles. The zero-order valence-electron chi connectivity index (χ0n) is 10.1. The Bertz CT molecular complexity index is 718. The molecule has 0 atom stereocenters. The maximum atomic E-state index is 13.3. The highest BCUT2D eigenvalue weighted by Crippen LogP contribution is 2.28. The molecule has 0 amide bonds. The second kappa shape index (κ2) is 5.94. The molecule has 0 bridgehead atoms. The van der Waals surface area contributed by atoms with Gasteiger partial charge in [0.05, 0.1) is 22.2 Å². The van der Waals surface area contributed by atoms with E-state index >= 15 is 0 Å². The van der Waals surface area contributed by atoms with Gasteiger partial charge >= 0.3 is 0 Å². The fraction of sp³-hybridized carbons (Fsp3) is 0.0833. The van der Waals surface area contributed by atoms with Gasteiger partial charge in [0.25, 0.3) is 5.69 Å². The van der Waals surface area contributed by atoms with Gasteiger partial charge in [-0.2, -0.15) is 15.8 Å². The van der Waals surface area contributed by atoms with Crippen LogP contribution < -0.4 is 5.32 Å². The van der Waals surface area contributed by atoms with E-state index in [1.54, 1.807) is 6.07 Å². The van der Waals surface area contributed by atoms with Crippen LogP contribution in [0.25, 0.3) is 0 Å². The number of benzene rings is 1. The molecule has 1 aromatic rings. The molecule has 0 fully saturated rings. The predicted molar refractivity (Wildman–Crippen MR) is 65.3 cm³/mol. The average molecular weight is 271 g/mol. The van der Waals surface area contributed by atoms with E-state index in [9.17, 15) is 14.5 Å². The van der Waals surface area contributed by atoms with Gasteiger partial charge in [-0.25, -0.2) is 4.39 Å². The number of nitrogens with zero attached hydrogens (tertiary/aromatic N) is 4. The molecule has 8 heteroatoms. The minimum absolute atomic E-state index is 0.0590. The normalized spacial score (nSPS) is 8.75. The molecule has 0 saturated heterocycles. The lowest BCUT2D eigenvalue weighted by molar-refractivity contribution is -0.385. The van der Waals surface area contributed by atoms with Crippen LogP contribution in [0.1, 0.15) is 5.56 Å². The summed E-state index contributed by atoms with van der Waals surface area (Å²) in [5.74, 6) is -0.877. The summed E-state index contributed by atoms with van der Waals surface area (Å²) < 4.78 is 13.3. The van der Waals surface area contributed by atoms with E-state index < -0.39 is 27.7 Å². The maximum Gasteiger partial charge on any atom is 0.277 e. The zero-order valence-corrected chi connectivity index (χ0v) is 10.1. The summed E-state index contributed by atoms with van der Waals surface area (Å²) in [6.07, 6.45) is 0. The molecule has 0 heterocycles. The van der Waals surface area contributed by atoms with Crippen molar-refractivity contribution in [3.63, 3.8) is 0 Å². The van der Waals surface area contributed by atoms with Crippen molar-refractivity contribution < 1.29 is 9.31 Å². The number of hydrogen-bond acceptors (Lipinski definition) is 6. The standard InChI is InChI=1S/C12H6FN5O2/c1-7-10(2-9(13)3-12(7)18(19)20)17-11(6-16)8(4-14)5-15/h2-3,17H,1H3. The molecule has 1 rings (SSSR count). The van der Waals surface area contributed by atoms with E-state index in [1.807, 2.05) is 0 Å². The number of rotatable bonds is 3. The van der Waals surface area contributed by atoms with Gasteiger partial charge in [-0.05, 0) is 13.0 Å². The molecule has 7 nitrogen and oxygen atoms in total. The minimum Gasteiger partial charge on any atom is -0.345 e. The number of nitro groups is 1. The molecule has 0 spiro atoms. The van der Waals surface area contributed by atoms with Crippen LogP contribution in [-0.2, 0) is 0 Å². The Kier molecular flexibility index (Phi) is 4.34. The van der Waals surface area contributed by atoms with Gasteiger partial charge in [0.2, 0.25) is 0 Å². The molecule has 0 aliphatic heterocycles. The van der Waals surface area contributed by atoms with E-state index in [0.29, 0.717) is 0 Å². The van der Waals surface area contributed by atoms with Gasteiger partial charge in [0.1, 0.15) is 29.7 Å². The number of hydrogen-bond donors (Lipinski definition) is 1. The predicted octanol–water partition coefficient (Wildman–Crippen LogP) is 2.28. The van der Waals surface area contributed by atoms with E-state index in [4.69, 9.17) is 15.8 Å². The summed E-state index contributed by atoms with van der Waals surface area (Å²) in [5.41, 5.74) is -1.35. The van der Waals surface area contributed by atoms with Crippen molar-refractivity contribution in [1.29, 1.82) is 15.8 Å². The summed E-state index contributed by atoms with van der Waals surface area (Å²) in [6.45, 7) is 1.35. The monoisotopic (exact) mass is 271 g/mol. The topological polar surface area (TPSA) is 127 Å². The molecule has 0 aliphatic rings. The fourth-order valence-corrected chi connectivity index (χ4v) is 1.40. The largest absolute Gasteiger partial charge is 0.345 e. The molecule has 0 radical (unpaired) electrons. The molecule has 0 saturated carbocycles. The lowest BCUT2D eigenvalue weighted by atomic mass is 10.1. The Hall–Kier alpha value is -3.44. The summed E-state index contributed by atoms with van der Waals surface area (Å²) in [7, 11) is 0. The summed E-state index contributed by atoms with van der Waals surface area (Å²) in [6, 6.07) is 6.26. The zero-order chi connectivity index (χ0) is 15.3. The lowest BCUT2D eigenvalue weighted by Gasteiger charge is -2.08. The Morgan fingerprint density at radius 1 is 1.30 bits per heavy atom. The van der Waals surface area contributed by atoms with Crippen molar-refractivity contribution in [1.82, 2.24) is 0 Å². The third-order valence-corrected chi connectivity index (χ3v) is 2.39. The van der Waals surface area contributed by atoms with Gasteiger partial charge < -0.3 is 5.32 Å². The second-order valence-corrected chi connectivity index (χ2v) is 3.56. The Morgan fingerprint density at radius 2 is 1.90 bits per heavy atom. The van der Waals surface area contributed by atoms with Crippen LogP contribution in [0.5, 0.6) is 0 Å². The Balaban J connectivity index is 3.41. The van der Waals surface area contributed by atoms with E-state index in [2.05, 4.69) is 5.32 Å². The van der Waals surface area contributed by atoms with Gasteiger partial charge in [-0.3, -0.25) is 10.1 Å². The second-order valence-electron chi connectivity index (χ2n) is 3.56. The van der Waals surface area contributed by atoms with E-state index in [1.165, 1.54) is 19.1 Å². The number of allylic oxidation sites excluding steroid dienone is 2. The van der Waals surface area contributed by atoms with Crippen molar-refractivity contribution in [3.8, 4) is 18.2 Å². The summed E-state index contributed by atoms with van der Waals surface area (Å²) >= 11 is 0. The maximum absolute atomic E-state index is 13.3. The first-order valence-corrected chi connectivity index (χ1v) is 5.10. The number of nitro benzene ring substituents is 1. The lowest BCUT2D eigenvalue weighted by Crippen LogP contribution is -2.04. The molecule has 0 aromatic heterocycles. The van der Waals surface area contributed by atoms with E-state index in [0.717, 1.165) is 12.1 Å².